The van der Waals surface area contributed by atoms with Crippen LogP contribution in [-0.4, -0.2) is 16.9 Å². The van der Waals surface area contributed by atoms with Crippen molar-refractivity contribution in [3.8, 4) is 0 Å². The molecule has 3 N–H and O–H groups in total. The molecule has 0 aliphatic heterocycles. The number of nitrogens with zero attached hydrogens (tertiary/aromatic N) is 1. The highest BCUT2D eigenvalue weighted by atomic mass is 16.6. The molecule has 0 bridgehead atoms. The van der Waals surface area contributed by atoms with Crippen LogP contribution in [0.3, 0.4) is 0 Å². The number of carbonyl (C=O) groups is 1. The molecule has 2 atom stereocenters. The Balaban J connectivity index is 2.86. The van der Waals surface area contributed by atoms with Gasteiger partial charge in [0.2, 0.25) is 5.91 Å². The molecule has 0 aliphatic rings. The fraction of sp³-hybridized carbons (Fsp3) is 0.462. The molecule has 0 fully saturated rings. The van der Waals surface area contributed by atoms with Crippen molar-refractivity contribution in [2.45, 2.75) is 33.2 Å². The molecule has 1 amide bonds. The van der Waals surface area contributed by atoms with E-state index in [1.807, 2.05) is 13.8 Å². The van der Waals surface area contributed by atoms with Gasteiger partial charge in [0, 0.05) is 17.3 Å². The molecule has 1 aromatic carbocycles. The van der Waals surface area contributed by atoms with Gasteiger partial charge in [-0.2, -0.15) is 0 Å². The number of aryl methyl sites for hydroxylation is 1. The van der Waals surface area contributed by atoms with Crippen LogP contribution >= 0.6 is 0 Å². The largest absolute Gasteiger partial charge is 0.324 e. The predicted molar refractivity (Wildman–Crippen MR) is 73.9 cm³/mol. The zero-order valence-electron chi connectivity index (χ0n) is 11.3. The van der Waals surface area contributed by atoms with Gasteiger partial charge in [0.1, 0.15) is 0 Å². The molecular formula is C13H19N3O3. The van der Waals surface area contributed by atoms with E-state index in [9.17, 15) is 14.9 Å². The highest BCUT2D eigenvalue weighted by Crippen LogP contribution is 2.22. The highest BCUT2D eigenvalue weighted by Gasteiger charge is 2.20. The van der Waals surface area contributed by atoms with Crippen LogP contribution in [0.2, 0.25) is 0 Å². The lowest BCUT2D eigenvalue weighted by molar-refractivity contribution is -0.385. The summed E-state index contributed by atoms with van der Waals surface area (Å²) < 4.78 is 0. The molecule has 104 valence electrons. The molecule has 0 saturated carbocycles. The molecular weight excluding hydrogens is 246 g/mol. The minimum Gasteiger partial charge on any atom is -0.324 e. The first kappa shape index (κ1) is 15.1. The Kier molecular flexibility index (Phi) is 5.00. The van der Waals surface area contributed by atoms with Crippen molar-refractivity contribution in [3.05, 3.63) is 33.9 Å². The Morgan fingerprint density at radius 3 is 2.68 bits per heavy atom. The summed E-state index contributed by atoms with van der Waals surface area (Å²) >= 11 is 0. The van der Waals surface area contributed by atoms with Crippen molar-refractivity contribution in [1.82, 2.24) is 0 Å². The third-order valence-electron chi connectivity index (χ3n) is 3.23. The molecule has 0 aliphatic carbocycles. The second kappa shape index (κ2) is 6.29. The van der Waals surface area contributed by atoms with Crippen molar-refractivity contribution >= 4 is 17.3 Å². The standard InChI is InChI=1S/C13H19N3O3/c1-4-8(2)12(14)13(17)15-10-6-5-9(3)11(7-10)16(18)19/h5-8,12H,4,14H2,1-3H3,(H,15,17). The molecule has 19 heavy (non-hydrogen) atoms. The van der Waals surface area contributed by atoms with Crippen LogP contribution in [0, 0.1) is 23.0 Å². The summed E-state index contributed by atoms with van der Waals surface area (Å²) in [5.74, 6) is -0.270. The first-order chi connectivity index (χ1) is 8.86. The summed E-state index contributed by atoms with van der Waals surface area (Å²) in [6.07, 6.45) is 0.794. The SMILES string of the molecule is CCC(C)C(N)C(=O)Nc1ccc(C)c([N+](=O)[O-])c1. The molecule has 0 saturated heterocycles. The Bertz CT molecular complexity index is 488. The van der Waals surface area contributed by atoms with Crippen molar-refractivity contribution in [2.24, 2.45) is 11.7 Å². The lowest BCUT2D eigenvalue weighted by Gasteiger charge is -2.17. The number of anilines is 1. The number of carbonyl (C=O) groups excluding carboxylic acids is 1. The second-order valence-electron chi connectivity index (χ2n) is 4.66. The first-order valence-corrected chi connectivity index (χ1v) is 6.18. The number of nitro benzene ring substituents is 1. The third-order valence-corrected chi connectivity index (χ3v) is 3.23. The number of hydrogen-bond acceptors (Lipinski definition) is 4. The monoisotopic (exact) mass is 265 g/mol. The Morgan fingerprint density at radius 2 is 2.16 bits per heavy atom. The molecule has 6 heteroatoms. The van der Waals surface area contributed by atoms with Gasteiger partial charge < -0.3 is 11.1 Å². The van der Waals surface area contributed by atoms with Gasteiger partial charge in [0.05, 0.1) is 11.0 Å². The Hall–Kier alpha value is -1.95. The number of amides is 1. The summed E-state index contributed by atoms with van der Waals surface area (Å²) in [6, 6.07) is 3.95. The summed E-state index contributed by atoms with van der Waals surface area (Å²) in [6.45, 7) is 5.49. The zero-order chi connectivity index (χ0) is 14.6. The molecule has 0 spiro atoms. The number of nitrogens with one attached hydrogen (secondary N) is 1. The molecule has 2 unspecified atom stereocenters. The fourth-order valence-corrected chi connectivity index (χ4v) is 1.62. The van der Waals surface area contributed by atoms with Crippen LogP contribution < -0.4 is 11.1 Å². The molecule has 6 nitrogen and oxygen atoms in total. The van der Waals surface area contributed by atoms with Crippen LogP contribution in [0.4, 0.5) is 11.4 Å². The average Bonchev–Trinajstić information content (AvgIpc) is 2.38. The predicted octanol–water partition coefficient (Wildman–Crippen LogP) is 2.22. The average molecular weight is 265 g/mol. The Morgan fingerprint density at radius 1 is 1.53 bits per heavy atom. The molecule has 1 aromatic rings. The summed E-state index contributed by atoms with van der Waals surface area (Å²) in [5.41, 5.74) is 6.72. The van der Waals surface area contributed by atoms with E-state index in [1.165, 1.54) is 6.07 Å². The van der Waals surface area contributed by atoms with Crippen LogP contribution in [0.5, 0.6) is 0 Å². The van der Waals surface area contributed by atoms with Crippen molar-refractivity contribution in [3.63, 3.8) is 0 Å². The second-order valence-corrected chi connectivity index (χ2v) is 4.66. The maximum Gasteiger partial charge on any atom is 0.274 e. The topological polar surface area (TPSA) is 98.3 Å². The van der Waals surface area contributed by atoms with Crippen LogP contribution in [-0.2, 0) is 4.79 Å². The highest BCUT2D eigenvalue weighted by molar-refractivity contribution is 5.95. The molecule has 0 heterocycles. The molecule has 0 aromatic heterocycles. The van der Waals surface area contributed by atoms with Crippen LogP contribution in [0.25, 0.3) is 0 Å². The van der Waals surface area contributed by atoms with Crippen molar-refractivity contribution in [1.29, 1.82) is 0 Å². The van der Waals surface area contributed by atoms with E-state index in [0.29, 0.717) is 11.3 Å². The van der Waals surface area contributed by atoms with Gasteiger partial charge in [-0.05, 0) is 18.9 Å². The van der Waals surface area contributed by atoms with Gasteiger partial charge in [-0.1, -0.05) is 26.3 Å². The number of hydrogen-bond donors (Lipinski definition) is 2. The van der Waals surface area contributed by atoms with E-state index >= 15 is 0 Å². The minimum absolute atomic E-state index is 0.0186. The molecule has 0 radical (unpaired) electrons. The molecule has 1 rings (SSSR count). The van der Waals surface area contributed by atoms with E-state index < -0.39 is 11.0 Å². The first-order valence-electron chi connectivity index (χ1n) is 6.18. The lowest BCUT2D eigenvalue weighted by atomic mass is 9.99. The maximum absolute atomic E-state index is 11.9. The van der Waals surface area contributed by atoms with Gasteiger partial charge in [-0.15, -0.1) is 0 Å². The van der Waals surface area contributed by atoms with Gasteiger partial charge in [0.15, 0.2) is 0 Å². The van der Waals surface area contributed by atoms with Crippen molar-refractivity contribution in [2.75, 3.05) is 5.32 Å². The van der Waals surface area contributed by atoms with Gasteiger partial charge in [-0.3, -0.25) is 14.9 Å². The van der Waals surface area contributed by atoms with E-state index in [0.717, 1.165) is 6.42 Å². The number of benzene rings is 1. The number of nitro groups is 1. The number of nitrogens with two attached hydrogens (primary N) is 1. The van der Waals surface area contributed by atoms with Crippen LogP contribution in [0.1, 0.15) is 25.8 Å². The minimum atomic E-state index is -0.620. The van der Waals surface area contributed by atoms with E-state index in [2.05, 4.69) is 5.32 Å². The van der Waals surface area contributed by atoms with E-state index in [-0.39, 0.29) is 17.5 Å². The maximum atomic E-state index is 11.9. The third kappa shape index (κ3) is 3.75. The number of rotatable bonds is 5. The lowest BCUT2D eigenvalue weighted by Crippen LogP contribution is -2.40. The summed E-state index contributed by atoms with van der Waals surface area (Å²) in [5, 5.41) is 13.4. The fourth-order valence-electron chi connectivity index (χ4n) is 1.62. The quantitative estimate of drug-likeness (QED) is 0.630. The smallest absolute Gasteiger partial charge is 0.274 e. The van der Waals surface area contributed by atoms with E-state index in [1.54, 1.807) is 19.1 Å². The van der Waals surface area contributed by atoms with Gasteiger partial charge in [0.25, 0.3) is 5.69 Å². The summed E-state index contributed by atoms with van der Waals surface area (Å²) in [7, 11) is 0. The van der Waals surface area contributed by atoms with Crippen LogP contribution in [0.15, 0.2) is 18.2 Å². The Labute approximate surface area is 112 Å². The zero-order valence-corrected chi connectivity index (χ0v) is 11.3. The van der Waals surface area contributed by atoms with Crippen molar-refractivity contribution < 1.29 is 9.72 Å². The van der Waals surface area contributed by atoms with Gasteiger partial charge >= 0.3 is 0 Å². The van der Waals surface area contributed by atoms with Gasteiger partial charge in [-0.25, -0.2) is 0 Å². The normalized spacial score (nSPS) is 13.7. The summed E-state index contributed by atoms with van der Waals surface area (Å²) in [4.78, 5) is 22.2. The van der Waals surface area contributed by atoms with E-state index in [4.69, 9.17) is 5.73 Å².